The first-order chi connectivity index (χ1) is 8.77. The molecule has 0 spiro atoms. The van der Waals surface area contributed by atoms with Gasteiger partial charge in [0.2, 0.25) is 0 Å². The Labute approximate surface area is 107 Å². The van der Waals surface area contributed by atoms with Crippen LogP contribution in [0, 0.1) is 6.92 Å². The summed E-state index contributed by atoms with van der Waals surface area (Å²) in [6.07, 6.45) is 1.82. The van der Waals surface area contributed by atoms with Gasteiger partial charge in [0.15, 0.2) is 0 Å². The van der Waals surface area contributed by atoms with Gasteiger partial charge in [-0.1, -0.05) is 30.3 Å². The second-order valence-electron chi connectivity index (χ2n) is 4.34. The maximum absolute atomic E-state index is 11.5. The Morgan fingerprint density at radius 2 is 1.89 bits per heavy atom. The predicted molar refractivity (Wildman–Crippen MR) is 73.6 cm³/mol. The summed E-state index contributed by atoms with van der Waals surface area (Å²) >= 11 is 0. The Balaban J connectivity index is 1.82. The van der Waals surface area contributed by atoms with Crippen LogP contribution in [0.3, 0.4) is 0 Å². The van der Waals surface area contributed by atoms with Crippen LogP contribution in [-0.2, 0) is 13.1 Å². The fourth-order valence-corrected chi connectivity index (χ4v) is 1.88. The van der Waals surface area contributed by atoms with E-state index in [1.54, 1.807) is 16.7 Å². The van der Waals surface area contributed by atoms with Crippen molar-refractivity contribution in [3.63, 3.8) is 0 Å². The molecule has 0 aliphatic carbocycles. The van der Waals surface area contributed by atoms with E-state index in [1.165, 1.54) is 11.1 Å². The lowest BCUT2D eigenvalue weighted by atomic mass is 10.1. The monoisotopic (exact) mass is 242 g/mol. The van der Waals surface area contributed by atoms with E-state index in [-0.39, 0.29) is 5.56 Å². The smallest absolute Gasteiger partial charge is 0.250 e. The average molecular weight is 242 g/mol. The molecule has 1 heterocycles. The molecule has 1 N–H and O–H groups in total. The first kappa shape index (κ1) is 12.6. The molecule has 2 aromatic rings. The van der Waals surface area contributed by atoms with Gasteiger partial charge in [0.1, 0.15) is 0 Å². The maximum Gasteiger partial charge on any atom is 0.250 e. The number of rotatable bonds is 5. The van der Waals surface area contributed by atoms with Crippen molar-refractivity contribution in [2.45, 2.75) is 20.0 Å². The second-order valence-corrected chi connectivity index (χ2v) is 4.34. The first-order valence-electron chi connectivity index (χ1n) is 6.18. The van der Waals surface area contributed by atoms with Gasteiger partial charge >= 0.3 is 0 Å². The van der Waals surface area contributed by atoms with Crippen molar-refractivity contribution in [2.75, 3.05) is 6.54 Å². The number of pyridine rings is 1. The van der Waals surface area contributed by atoms with Crippen molar-refractivity contribution in [3.05, 3.63) is 70.1 Å². The van der Waals surface area contributed by atoms with Gasteiger partial charge in [0, 0.05) is 31.9 Å². The molecular weight excluding hydrogens is 224 g/mol. The fraction of sp³-hybridized carbons (Fsp3) is 0.267. The minimum absolute atomic E-state index is 0.0511. The standard InChI is InChI=1S/C15H18N2O/c1-13-6-2-3-7-14(13)12-16-9-11-17-10-5-4-8-15(17)18/h2-8,10,16H,9,11-12H2,1H3. The molecule has 18 heavy (non-hydrogen) atoms. The summed E-state index contributed by atoms with van der Waals surface area (Å²) < 4.78 is 1.71. The minimum atomic E-state index is 0.0511. The van der Waals surface area contributed by atoms with Crippen LogP contribution in [0.1, 0.15) is 11.1 Å². The van der Waals surface area contributed by atoms with E-state index in [2.05, 4.69) is 24.4 Å². The summed E-state index contributed by atoms with van der Waals surface area (Å²) in [4.78, 5) is 11.5. The summed E-state index contributed by atoms with van der Waals surface area (Å²) in [6.45, 7) is 4.44. The third kappa shape index (κ3) is 3.31. The summed E-state index contributed by atoms with van der Waals surface area (Å²) in [6, 6.07) is 13.5. The van der Waals surface area contributed by atoms with Gasteiger partial charge < -0.3 is 9.88 Å². The Morgan fingerprint density at radius 1 is 1.11 bits per heavy atom. The normalized spacial score (nSPS) is 10.5. The molecule has 2 rings (SSSR count). The molecular formula is C15H18N2O. The van der Waals surface area contributed by atoms with Crippen LogP contribution in [0.2, 0.25) is 0 Å². The van der Waals surface area contributed by atoms with E-state index < -0.39 is 0 Å². The number of aromatic nitrogens is 1. The predicted octanol–water partition coefficient (Wildman–Crippen LogP) is 1.95. The van der Waals surface area contributed by atoms with Gasteiger partial charge in [-0.05, 0) is 24.1 Å². The van der Waals surface area contributed by atoms with Crippen LogP contribution in [0.4, 0.5) is 0 Å². The van der Waals surface area contributed by atoms with Crippen molar-refractivity contribution < 1.29 is 0 Å². The van der Waals surface area contributed by atoms with Crippen molar-refractivity contribution in [1.82, 2.24) is 9.88 Å². The van der Waals surface area contributed by atoms with E-state index >= 15 is 0 Å². The minimum Gasteiger partial charge on any atom is -0.314 e. The average Bonchev–Trinajstić information content (AvgIpc) is 2.38. The molecule has 0 amide bonds. The number of hydrogen-bond donors (Lipinski definition) is 1. The van der Waals surface area contributed by atoms with Crippen LogP contribution < -0.4 is 10.9 Å². The van der Waals surface area contributed by atoms with E-state index in [1.807, 2.05) is 24.4 Å². The molecule has 0 atom stereocenters. The molecule has 94 valence electrons. The van der Waals surface area contributed by atoms with Gasteiger partial charge in [-0.25, -0.2) is 0 Å². The highest BCUT2D eigenvalue weighted by Gasteiger charge is 1.97. The zero-order valence-electron chi connectivity index (χ0n) is 10.6. The van der Waals surface area contributed by atoms with Crippen molar-refractivity contribution in [1.29, 1.82) is 0 Å². The number of hydrogen-bond acceptors (Lipinski definition) is 2. The molecule has 0 saturated heterocycles. The second kappa shape index (κ2) is 6.17. The van der Waals surface area contributed by atoms with Gasteiger partial charge in [-0.15, -0.1) is 0 Å². The molecule has 1 aromatic carbocycles. The Bertz CT molecular complexity index is 560. The van der Waals surface area contributed by atoms with Crippen LogP contribution in [0.15, 0.2) is 53.5 Å². The molecule has 1 aromatic heterocycles. The molecule has 0 aliphatic rings. The van der Waals surface area contributed by atoms with Crippen LogP contribution >= 0.6 is 0 Å². The largest absolute Gasteiger partial charge is 0.314 e. The van der Waals surface area contributed by atoms with Gasteiger partial charge in [0.05, 0.1) is 0 Å². The third-order valence-electron chi connectivity index (χ3n) is 3.01. The van der Waals surface area contributed by atoms with Crippen molar-refractivity contribution >= 4 is 0 Å². The van der Waals surface area contributed by atoms with Gasteiger partial charge in [0.25, 0.3) is 5.56 Å². The lowest BCUT2D eigenvalue weighted by Crippen LogP contribution is -2.25. The summed E-state index contributed by atoms with van der Waals surface area (Å²) in [7, 11) is 0. The molecule has 3 nitrogen and oxygen atoms in total. The van der Waals surface area contributed by atoms with Gasteiger partial charge in [-0.3, -0.25) is 4.79 Å². The Kier molecular flexibility index (Phi) is 4.31. The lowest BCUT2D eigenvalue weighted by Gasteiger charge is -2.08. The van der Waals surface area contributed by atoms with Crippen LogP contribution in [-0.4, -0.2) is 11.1 Å². The first-order valence-corrected chi connectivity index (χ1v) is 6.18. The quantitative estimate of drug-likeness (QED) is 0.813. The fourth-order valence-electron chi connectivity index (χ4n) is 1.88. The van der Waals surface area contributed by atoms with Crippen molar-refractivity contribution in [2.24, 2.45) is 0 Å². The number of nitrogens with one attached hydrogen (secondary N) is 1. The van der Waals surface area contributed by atoms with E-state index in [0.717, 1.165) is 13.1 Å². The Morgan fingerprint density at radius 3 is 2.67 bits per heavy atom. The van der Waals surface area contributed by atoms with E-state index in [4.69, 9.17) is 0 Å². The van der Waals surface area contributed by atoms with Gasteiger partial charge in [-0.2, -0.15) is 0 Å². The maximum atomic E-state index is 11.5. The zero-order chi connectivity index (χ0) is 12.8. The number of nitrogens with zero attached hydrogens (tertiary/aromatic N) is 1. The SMILES string of the molecule is Cc1ccccc1CNCCn1ccccc1=O. The van der Waals surface area contributed by atoms with Crippen LogP contribution in [0.25, 0.3) is 0 Å². The van der Waals surface area contributed by atoms with E-state index in [0.29, 0.717) is 6.54 Å². The van der Waals surface area contributed by atoms with E-state index in [9.17, 15) is 4.79 Å². The molecule has 0 bridgehead atoms. The summed E-state index contributed by atoms with van der Waals surface area (Å²) in [5.74, 6) is 0. The highest BCUT2D eigenvalue weighted by molar-refractivity contribution is 5.25. The van der Waals surface area contributed by atoms with Crippen LogP contribution in [0.5, 0.6) is 0 Å². The number of aryl methyl sites for hydroxylation is 1. The highest BCUT2D eigenvalue weighted by Crippen LogP contribution is 2.05. The molecule has 3 heteroatoms. The summed E-state index contributed by atoms with van der Waals surface area (Å²) in [5.41, 5.74) is 2.65. The summed E-state index contributed by atoms with van der Waals surface area (Å²) in [5, 5.41) is 3.36. The topological polar surface area (TPSA) is 34.0 Å². The molecule has 0 radical (unpaired) electrons. The lowest BCUT2D eigenvalue weighted by molar-refractivity contribution is 0.584. The van der Waals surface area contributed by atoms with Crippen molar-refractivity contribution in [3.8, 4) is 0 Å². The molecule has 0 unspecified atom stereocenters. The molecule has 0 fully saturated rings. The number of benzene rings is 1. The zero-order valence-corrected chi connectivity index (χ0v) is 10.6. The molecule has 0 aliphatic heterocycles. The third-order valence-corrected chi connectivity index (χ3v) is 3.01. The molecule has 0 saturated carbocycles. The Hall–Kier alpha value is -1.87. The highest BCUT2D eigenvalue weighted by atomic mass is 16.1.